The van der Waals surface area contributed by atoms with Crippen molar-refractivity contribution in [2.24, 2.45) is 0 Å². The molecular weight excluding hydrogens is 230 g/mol. The molecule has 0 radical (unpaired) electrons. The molecule has 1 aromatic rings. The van der Waals surface area contributed by atoms with E-state index in [0.29, 0.717) is 31.3 Å². The first kappa shape index (κ1) is 10.9. The van der Waals surface area contributed by atoms with Gasteiger partial charge in [-0.15, -0.1) is 0 Å². The molecule has 7 heteroatoms. The number of nitrogens with zero attached hydrogens (tertiary/aromatic N) is 3. The summed E-state index contributed by atoms with van der Waals surface area (Å²) in [5, 5.41) is 7.17. The van der Waals surface area contributed by atoms with Crippen molar-refractivity contribution in [1.82, 2.24) is 14.8 Å². The number of aromatic nitrogens is 3. The van der Waals surface area contributed by atoms with Gasteiger partial charge in [0.05, 0.1) is 0 Å². The third kappa shape index (κ3) is 1.88. The Labute approximate surface area is 97.2 Å². The van der Waals surface area contributed by atoms with E-state index in [1.54, 1.807) is 0 Å². The smallest absolute Gasteiger partial charge is 0.260 e. The zero-order valence-electron chi connectivity index (χ0n) is 9.27. The Morgan fingerprint density at radius 3 is 3.00 bits per heavy atom. The molecule has 1 N–H and O–H groups in total. The topological polar surface area (TPSA) is 52.0 Å². The van der Waals surface area contributed by atoms with Crippen molar-refractivity contribution in [2.75, 3.05) is 18.5 Å². The van der Waals surface area contributed by atoms with Crippen molar-refractivity contribution in [3.05, 3.63) is 5.82 Å². The summed E-state index contributed by atoms with van der Waals surface area (Å²) in [6, 6.07) is -0.867. The summed E-state index contributed by atoms with van der Waals surface area (Å²) in [5.74, 6) is 0.963. The van der Waals surface area contributed by atoms with E-state index in [1.165, 1.54) is 4.68 Å². The van der Waals surface area contributed by atoms with Gasteiger partial charge in [-0.2, -0.15) is 10.1 Å². The second-order valence-electron chi connectivity index (χ2n) is 4.36. The quantitative estimate of drug-likeness (QED) is 0.861. The number of halogens is 2. The summed E-state index contributed by atoms with van der Waals surface area (Å²) in [6.07, 6.45) is -0.328. The van der Waals surface area contributed by atoms with Gasteiger partial charge >= 0.3 is 0 Å². The molecule has 5 nitrogen and oxygen atoms in total. The minimum Gasteiger partial charge on any atom is -0.370 e. The van der Waals surface area contributed by atoms with Crippen molar-refractivity contribution in [1.29, 1.82) is 0 Å². The monoisotopic (exact) mass is 244 g/mol. The van der Waals surface area contributed by atoms with E-state index in [2.05, 4.69) is 15.4 Å². The Balaban J connectivity index is 1.89. The van der Waals surface area contributed by atoms with Gasteiger partial charge in [0.1, 0.15) is 12.1 Å². The molecule has 1 fully saturated rings. The first-order chi connectivity index (χ1) is 8.25. The molecule has 0 spiro atoms. The van der Waals surface area contributed by atoms with Crippen LogP contribution in [0.5, 0.6) is 0 Å². The lowest BCUT2D eigenvalue weighted by Crippen LogP contribution is -2.28. The van der Waals surface area contributed by atoms with Gasteiger partial charge in [0, 0.05) is 13.2 Å². The van der Waals surface area contributed by atoms with Crippen LogP contribution in [0, 0.1) is 0 Å². The molecule has 2 aliphatic rings. The van der Waals surface area contributed by atoms with Crippen molar-refractivity contribution in [3.8, 4) is 0 Å². The van der Waals surface area contributed by atoms with E-state index in [1.807, 2.05) is 0 Å². The van der Waals surface area contributed by atoms with Crippen LogP contribution in [0.15, 0.2) is 0 Å². The summed E-state index contributed by atoms with van der Waals surface area (Å²) in [7, 11) is 0. The minimum atomic E-state index is -2.41. The van der Waals surface area contributed by atoms with Crippen molar-refractivity contribution in [3.63, 3.8) is 0 Å². The predicted molar refractivity (Wildman–Crippen MR) is 56.1 cm³/mol. The van der Waals surface area contributed by atoms with E-state index >= 15 is 0 Å². The van der Waals surface area contributed by atoms with E-state index in [4.69, 9.17) is 4.74 Å². The normalized spacial score (nSPS) is 28.2. The van der Waals surface area contributed by atoms with Crippen LogP contribution in [0.1, 0.15) is 37.2 Å². The lowest BCUT2D eigenvalue weighted by Gasteiger charge is -2.23. The maximum absolute atomic E-state index is 12.8. The molecule has 3 heterocycles. The van der Waals surface area contributed by atoms with Crippen LogP contribution in [0.4, 0.5) is 14.7 Å². The lowest BCUT2D eigenvalue weighted by atomic mass is 10.2. The molecule has 2 aliphatic heterocycles. The van der Waals surface area contributed by atoms with E-state index in [-0.39, 0.29) is 6.10 Å². The van der Waals surface area contributed by atoms with Crippen LogP contribution in [0.25, 0.3) is 0 Å². The molecule has 0 aliphatic carbocycles. The van der Waals surface area contributed by atoms with E-state index in [9.17, 15) is 8.78 Å². The first-order valence-electron chi connectivity index (χ1n) is 5.86. The standard InChI is InChI=1S/C10H14F2N4O/c11-8(12)6-3-4-13-10-14-9(15-16(6)10)7-2-1-5-17-7/h6-8H,1-5H2,(H,13,14,15). The van der Waals surface area contributed by atoms with Crippen molar-refractivity contribution in [2.45, 2.75) is 37.8 Å². The highest BCUT2D eigenvalue weighted by molar-refractivity contribution is 5.28. The van der Waals surface area contributed by atoms with Gasteiger partial charge in [0.25, 0.3) is 6.43 Å². The number of anilines is 1. The van der Waals surface area contributed by atoms with Gasteiger partial charge < -0.3 is 10.1 Å². The molecule has 1 saturated heterocycles. The molecule has 0 amide bonds. The molecule has 17 heavy (non-hydrogen) atoms. The Kier molecular flexibility index (Phi) is 2.70. The maximum Gasteiger partial charge on any atom is 0.260 e. The van der Waals surface area contributed by atoms with E-state index < -0.39 is 12.5 Å². The number of nitrogens with one attached hydrogen (secondary N) is 1. The minimum absolute atomic E-state index is 0.131. The van der Waals surface area contributed by atoms with Crippen molar-refractivity contribution < 1.29 is 13.5 Å². The van der Waals surface area contributed by atoms with Crippen LogP contribution >= 0.6 is 0 Å². The number of hydrogen-bond acceptors (Lipinski definition) is 4. The van der Waals surface area contributed by atoms with Crippen LogP contribution in [0.3, 0.4) is 0 Å². The second kappa shape index (κ2) is 4.21. The SMILES string of the molecule is FC(F)C1CCNc2nc(C3CCCO3)nn21. The number of rotatable bonds is 2. The Hall–Kier alpha value is -1.24. The summed E-state index contributed by atoms with van der Waals surface area (Å²) in [6.45, 7) is 1.21. The Morgan fingerprint density at radius 2 is 2.29 bits per heavy atom. The third-order valence-electron chi connectivity index (χ3n) is 3.19. The highest BCUT2D eigenvalue weighted by atomic mass is 19.3. The molecule has 94 valence electrons. The van der Waals surface area contributed by atoms with Gasteiger partial charge in [-0.25, -0.2) is 13.5 Å². The zero-order chi connectivity index (χ0) is 11.8. The number of fused-ring (bicyclic) bond motifs is 1. The number of ether oxygens (including phenoxy) is 1. The highest BCUT2D eigenvalue weighted by Crippen LogP contribution is 2.31. The third-order valence-corrected chi connectivity index (χ3v) is 3.19. The molecule has 0 saturated carbocycles. The maximum atomic E-state index is 12.8. The van der Waals surface area contributed by atoms with Crippen LogP contribution < -0.4 is 5.32 Å². The van der Waals surface area contributed by atoms with Gasteiger partial charge in [-0.1, -0.05) is 0 Å². The van der Waals surface area contributed by atoms with Gasteiger partial charge in [0.15, 0.2) is 5.82 Å². The molecule has 0 bridgehead atoms. The summed E-state index contributed by atoms with van der Waals surface area (Å²) in [4.78, 5) is 4.25. The van der Waals surface area contributed by atoms with Crippen LogP contribution in [0.2, 0.25) is 0 Å². The number of hydrogen-bond donors (Lipinski definition) is 1. The summed E-state index contributed by atoms with van der Waals surface area (Å²) in [5.41, 5.74) is 0. The second-order valence-corrected chi connectivity index (χ2v) is 4.36. The molecule has 0 aromatic carbocycles. The highest BCUT2D eigenvalue weighted by Gasteiger charge is 2.32. The molecular formula is C10H14F2N4O. The summed E-state index contributed by atoms with van der Waals surface area (Å²) < 4.78 is 32.4. The largest absolute Gasteiger partial charge is 0.370 e. The molecule has 1 aromatic heterocycles. The lowest BCUT2D eigenvalue weighted by molar-refractivity contribution is 0.0691. The molecule has 2 unspecified atom stereocenters. The predicted octanol–water partition coefficient (Wildman–Crippen LogP) is 1.75. The van der Waals surface area contributed by atoms with Crippen molar-refractivity contribution >= 4 is 5.95 Å². The van der Waals surface area contributed by atoms with Crippen LogP contribution in [-0.4, -0.2) is 34.3 Å². The Bertz CT molecular complexity index is 403. The van der Waals surface area contributed by atoms with Gasteiger partial charge in [-0.05, 0) is 19.3 Å². The fourth-order valence-electron chi connectivity index (χ4n) is 2.30. The molecule has 3 rings (SSSR count). The van der Waals surface area contributed by atoms with Gasteiger partial charge in [0.2, 0.25) is 5.95 Å². The fourth-order valence-corrected chi connectivity index (χ4v) is 2.30. The average Bonchev–Trinajstić information content (AvgIpc) is 2.96. The average molecular weight is 244 g/mol. The zero-order valence-corrected chi connectivity index (χ0v) is 9.27. The summed E-state index contributed by atoms with van der Waals surface area (Å²) >= 11 is 0. The van der Waals surface area contributed by atoms with E-state index in [0.717, 1.165) is 12.8 Å². The first-order valence-corrected chi connectivity index (χ1v) is 5.86. The Morgan fingerprint density at radius 1 is 1.41 bits per heavy atom. The van der Waals surface area contributed by atoms with Gasteiger partial charge in [-0.3, -0.25) is 0 Å². The van der Waals surface area contributed by atoms with Crippen LogP contribution in [-0.2, 0) is 4.74 Å². The fraction of sp³-hybridized carbons (Fsp3) is 0.800. The molecule has 2 atom stereocenters. The number of alkyl halides is 2.